The van der Waals surface area contributed by atoms with Crippen LogP contribution in [0.15, 0.2) is 18.3 Å². The SMILES string of the molecule is Cc1ncccc1N1CC(CO)CC1=O. The van der Waals surface area contributed by atoms with Crippen LogP contribution in [0, 0.1) is 12.8 Å². The first kappa shape index (κ1) is 10.1. The molecule has 4 nitrogen and oxygen atoms in total. The van der Waals surface area contributed by atoms with E-state index in [0.717, 1.165) is 11.4 Å². The van der Waals surface area contributed by atoms with E-state index in [4.69, 9.17) is 5.11 Å². The Morgan fingerprint density at radius 2 is 2.47 bits per heavy atom. The first-order valence-electron chi connectivity index (χ1n) is 5.05. The summed E-state index contributed by atoms with van der Waals surface area (Å²) in [5.74, 6) is 0.141. The summed E-state index contributed by atoms with van der Waals surface area (Å²) in [6.07, 6.45) is 2.15. The van der Waals surface area contributed by atoms with E-state index in [1.54, 1.807) is 11.1 Å². The highest BCUT2D eigenvalue weighted by Crippen LogP contribution is 2.26. The standard InChI is InChI=1S/C11H14N2O2/c1-8-10(3-2-4-12-8)13-6-9(7-14)5-11(13)15/h2-4,9,14H,5-7H2,1H3. The summed E-state index contributed by atoms with van der Waals surface area (Å²) in [6, 6.07) is 3.71. The topological polar surface area (TPSA) is 53.4 Å². The number of hydrogen-bond donors (Lipinski definition) is 1. The van der Waals surface area contributed by atoms with Gasteiger partial charge in [-0.1, -0.05) is 0 Å². The van der Waals surface area contributed by atoms with Crippen molar-refractivity contribution >= 4 is 11.6 Å². The number of rotatable bonds is 2. The van der Waals surface area contributed by atoms with E-state index in [1.165, 1.54) is 0 Å². The molecule has 0 aliphatic carbocycles. The number of aliphatic hydroxyl groups is 1. The molecule has 0 bridgehead atoms. The van der Waals surface area contributed by atoms with E-state index < -0.39 is 0 Å². The van der Waals surface area contributed by atoms with Gasteiger partial charge < -0.3 is 10.0 Å². The van der Waals surface area contributed by atoms with Gasteiger partial charge in [0, 0.05) is 31.7 Å². The summed E-state index contributed by atoms with van der Waals surface area (Å²) in [5, 5.41) is 9.02. The molecule has 1 aliphatic rings. The Bertz CT molecular complexity index is 379. The summed E-state index contributed by atoms with van der Waals surface area (Å²) in [4.78, 5) is 17.5. The molecule has 1 N–H and O–H groups in total. The van der Waals surface area contributed by atoms with E-state index in [2.05, 4.69) is 4.98 Å². The Kier molecular flexibility index (Phi) is 2.68. The Balaban J connectivity index is 2.25. The smallest absolute Gasteiger partial charge is 0.227 e. The third-order valence-corrected chi connectivity index (χ3v) is 2.73. The Morgan fingerprint density at radius 3 is 3.07 bits per heavy atom. The fourth-order valence-corrected chi connectivity index (χ4v) is 1.90. The molecule has 1 amide bonds. The molecule has 0 saturated carbocycles. The summed E-state index contributed by atoms with van der Waals surface area (Å²) < 4.78 is 0. The molecule has 0 spiro atoms. The summed E-state index contributed by atoms with van der Waals surface area (Å²) >= 11 is 0. The fourth-order valence-electron chi connectivity index (χ4n) is 1.90. The van der Waals surface area contributed by atoms with Crippen molar-refractivity contribution in [3.63, 3.8) is 0 Å². The van der Waals surface area contributed by atoms with Crippen molar-refractivity contribution in [2.45, 2.75) is 13.3 Å². The van der Waals surface area contributed by atoms with Crippen LogP contribution in [0.25, 0.3) is 0 Å². The van der Waals surface area contributed by atoms with E-state index in [0.29, 0.717) is 13.0 Å². The lowest BCUT2D eigenvalue weighted by molar-refractivity contribution is -0.117. The Hall–Kier alpha value is -1.42. The third-order valence-electron chi connectivity index (χ3n) is 2.73. The lowest BCUT2D eigenvalue weighted by atomic mass is 10.1. The average Bonchev–Trinajstić information content (AvgIpc) is 2.60. The predicted octanol–water partition coefficient (Wildman–Crippen LogP) is 0.735. The quantitative estimate of drug-likeness (QED) is 0.776. The number of aryl methyl sites for hydroxylation is 1. The van der Waals surface area contributed by atoms with Crippen molar-refractivity contribution < 1.29 is 9.90 Å². The molecule has 0 radical (unpaired) electrons. The van der Waals surface area contributed by atoms with Crippen molar-refractivity contribution in [2.24, 2.45) is 5.92 Å². The van der Waals surface area contributed by atoms with Crippen molar-refractivity contribution in [3.05, 3.63) is 24.0 Å². The predicted molar refractivity (Wildman–Crippen MR) is 56.5 cm³/mol. The van der Waals surface area contributed by atoms with Gasteiger partial charge >= 0.3 is 0 Å². The number of carbonyl (C=O) groups excluding carboxylic acids is 1. The van der Waals surface area contributed by atoms with E-state index in [9.17, 15) is 4.79 Å². The zero-order valence-corrected chi connectivity index (χ0v) is 8.68. The van der Waals surface area contributed by atoms with Gasteiger partial charge in [-0.3, -0.25) is 9.78 Å². The van der Waals surface area contributed by atoms with E-state index >= 15 is 0 Å². The van der Waals surface area contributed by atoms with Crippen molar-refractivity contribution in [1.82, 2.24) is 4.98 Å². The number of hydrogen-bond acceptors (Lipinski definition) is 3. The van der Waals surface area contributed by atoms with Crippen molar-refractivity contribution in [2.75, 3.05) is 18.1 Å². The number of aliphatic hydroxyl groups excluding tert-OH is 1. The van der Waals surface area contributed by atoms with Crippen LogP contribution in [0.5, 0.6) is 0 Å². The zero-order valence-electron chi connectivity index (χ0n) is 8.68. The second kappa shape index (κ2) is 3.98. The molecule has 1 aliphatic heterocycles. The molecule has 1 aromatic heterocycles. The van der Waals surface area contributed by atoms with Gasteiger partial charge in [-0.05, 0) is 19.1 Å². The molecule has 0 aromatic carbocycles. The molecule has 1 saturated heterocycles. The van der Waals surface area contributed by atoms with Crippen LogP contribution < -0.4 is 4.90 Å². The van der Waals surface area contributed by atoms with Gasteiger partial charge in [0.2, 0.25) is 5.91 Å². The minimum Gasteiger partial charge on any atom is -0.396 e. The lowest BCUT2D eigenvalue weighted by Gasteiger charge is -2.17. The zero-order chi connectivity index (χ0) is 10.8. The molecule has 1 aromatic rings. The molecule has 2 heterocycles. The molecule has 80 valence electrons. The van der Waals surface area contributed by atoms with Gasteiger partial charge in [-0.2, -0.15) is 0 Å². The van der Waals surface area contributed by atoms with Crippen LogP contribution >= 0.6 is 0 Å². The summed E-state index contributed by atoms with van der Waals surface area (Å²) in [7, 11) is 0. The van der Waals surface area contributed by atoms with Gasteiger partial charge in [0.15, 0.2) is 0 Å². The summed E-state index contributed by atoms with van der Waals surface area (Å²) in [6.45, 7) is 2.55. The second-order valence-electron chi connectivity index (χ2n) is 3.87. The van der Waals surface area contributed by atoms with Gasteiger partial charge in [0.05, 0.1) is 11.4 Å². The maximum absolute atomic E-state index is 11.7. The van der Waals surface area contributed by atoms with Gasteiger partial charge in [-0.15, -0.1) is 0 Å². The molecule has 1 fully saturated rings. The first-order valence-corrected chi connectivity index (χ1v) is 5.05. The fraction of sp³-hybridized carbons (Fsp3) is 0.455. The van der Waals surface area contributed by atoms with Crippen LogP contribution in [-0.4, -0.2) is 29.1 Å². The van der Waals surface area contributed by atoms with Crippen LogP contribution in [0.3, 0.4) is 0 Å². The number of carbonyl (C=O) groups is 1. The van der Waals surface area contributed by atoms with Crippen LogP contribution in [0.2, 0.25) is 0 Å². The van der Waals surface area contributed by atoms with Crippen LogP contribution in [0.4, 0.5) is 5.69 Å². The van der Waals surface area contributed by atoms with Crippen LogP contribution in [0.1, 0.15) is 12.1 Å². The van der Waals surface area contributed by atoms with Gasteiger partial charge in [-0.25, -0.2) is 0 Å². The Morgan fingerprint density at radius 1 is 1.67 bits per heavy atom. The largest absolute Gasteiger partial charge is 0.396 e. The van der Waals surface area contributed by atoms with E-state index in [1.807, 2.05) is 19.1 Å². The minimum atomic E-state index is 0.0668. The second-order valence-corrected chi connectivity index (χ2v) is 3.87. The molecule has 15 heavy (non-hydrogen) atoms. The van der Waals surface area contributed by atoms with Crippen molar-refractivity contribution in [1.29, 1.82) is 0 Å². The number of anilines is 1. The number of amides is 1. The molecular formula is C11H14N2O2. The van der Waals surface area contributed by atoms with Gasteiger partial charge in [0.1, 0.15) is 0 Å². The summed E-state index contributed by atoms with van der Waals surface area (Å²) in [5.41, 5.74) is 1.71. The van der Waals surface area contributed by atoms with Crippen LogP contribution in [-0.2, 0) is 4.79 Å². The maximum Gasteiger partial charge on any atom is 0.227 e. The van der Waals surface area contributed by atoms with Gasteiger partial charge in [0.25, 0.3) is 0 Å². The normalized spacial score (nSPS) is 21.1. The molecule has 4 heteroatoms. The highest BCUT2D eigenvalue weighted by molar-refractivity contribution is 5.96. The highest BCUT2D eigenvalue weighted by atomic mass is 16.3. The first-order chi connectivity index (χ1) is 7.22. The highest BCUT2D eigenvalue weighted by Gasteiger charge is 2.30. The molecular weight excluding hydrogens is 192 g/mol. The molecule has 2 rings (SSSR count). The number of aromatic nitrogens is 1. The molecule has 1 atom stereocenters. The van der Waals surface area contributed by atoms with Crippen molar-refractivity contribution in [3.8, 4) is 0 Å². The minimum absolute atomic E-state index is 0.0668. The monoisotopic (exact) mass is 206 g/mol. The molecule has 1 unspecified atom stereocenters. The number of pyridine rings is 1. The Labute approximate surface area is 88.6 Å². The number of nitrogens with zero attached hydrogens (tertiary/aromatic N) is 2. The maximum atomic E-state index is 11.7. The lowest BCUT2D eigenvalue weighted by Crippen LogP contribution is -2.25. The average molecular weight is 206 g/mol. The third kappa shape index (κ3) is 1.85. The van der Waals surface area contributed by atoms with E-state index in [-0.39, 0.29) is 18.4 Å².